The van der Waals surface area contributed by atoms with E-state index in [1.165, 1.54) is 12.3 Å². The summed E-state index contributed by atoms with van der Waals surface area (Å²) in [5.74, 6) is -1.14. The van der Waals surface area contributed by atoms with Gasteiger partial charge in [-0.1, -0.05) is 18.2 Å². The second-order valence-corrected chi connectivity index (χ2v) is 5.16. The first-order valence-electron chi connectivity index (χ1n) is 7.32. The Morgan fingerprint density at radius 3 is 2.68 bits per heavy atom. The molecule has 0 saturated heterocycles. The molecule has 0 atom stereocenters. The van der Waals surface area contributed by atoms with E-state index >= 15 is 0 Å². The van der Waals surface area contributed by atoms with Crippen molar-refractivity contribution in [1.29, 1.82) is 0 Å². The second-order valence-electron chi connectivity index (χ2n) is 5.16. The zero-order chi connectivity index (χ0) is 17.8. The highest BCUT2D eigenvalue weighted by molar-refractivity contribution is 6.04. The van der Waals surface area contributed by atoms with Crippen LogP contribution in [0.15, 0.2) is 53.1 Å². The summed E-state index contributed by atoms with van der Waals surface area (Å²) in [6.45, 7) is 0. The SMILES string of the molecule is Nc1nc(C(=O)Nc2ccccc2CC(=O)O)cc(-c2ccco2)n1. The maximum Gasteiger partial charge on any atom is 0.307 e. The zero-order valence-electron chi connectivity index (χ0n) is 13.0. The Balaban J connectivity index is 1.89. The number of amides is 1. The van der Waals surface area contributed by atoms with E-state index in [0.717, 1.165) is 0 Å². The third-order valence-electron chi connectivity index (χ3n) is 3.36. The summed E-state index contributed by atoms with van der Waals surface area (Å²) in [5, 5.41) is 11.6. The molecule has 3 rings (SSSR count). The summed E-state index contributed by atoms with van der Waals surface area (Å²) >= 11 is 0. The quantitative estimate of drug-likeness (QED) is 0.649. The molecule has 0 radical (unpaired) electrons. The van der Waals surface area contributed by atoms with Gasteiger partial charge in [-0.25, -0.2) is 9.97 Å². The zero-order valence-corrected chi connectivity index (χ0v) is 13.0. The van der Waals surface area contributed by atoms with Crippen molar-refractivity contribution in [2.24, 2.45) is 0 Å². The van der Waals surface area contributed by atoms with E-state index in [-0.39, 0.29) is 18.1 Å². The summed E-state index contributed by atoms with van der Waals surface area (Å²) in [4.78, 5) is 31.4. The summed E-state index contributed by atoms with van der Waals surface area (Å²) in [6, 6.07) is 11.5. The molecular formula is C17H14N4O4. The third kappa shape index (κ3) is 3.81. The molecule has 25 heavy (non-hydrogen) atoms. The lowest BCUT2D eigenvalue weighted by Crippen LogP contribution is -2.17. The highest BCUT2D eigenvalue weighted by Crippen LogP contribution is 2.21. The molecule has 0 aliphatic carbocycles. The molecule has 1 aromatic carbocycles. The molecule has 1 amide bonds. The van der Waals surface area contributed by atoms with Crippen LogP contribution in [0.25, 0.3) is 11.5 Å². The van der Waals surface area contributed by atoms with Gasteiger partial charge in [0.05, 0.1) is 12.7 Å². The number of nitrogens with two attached hydrogens (primary N) is 1. The topological polar surface area (TPSA) is 131 Å². The molecule has 0 unspecified atom stereocenters. The minimum absolute atomic E-state index is 0.0454. The standard InChI is InChI=1S/C17H14N4O4/c18-17-20-12(14-6-3-7-25-14)9-13(21-17)16(24)19-11-5-2-1-4-10(11)8-15(22)23/h1-7,9H,8H2,(H,19,24)(H,22,23)(H2,18,20,21). The van der Waals surface area contributed by atoms with Crippen LogP contribution in [-0.4, -0.2) is 27.0 Å². The van der Waals surface area contributed by atoms with Gasteiger partial charge in [0, 0.05) is 5.69 Å². The van der Waals surface area contributed by atoms with E-state index in [4.69, 9.17) is 15.3 Å². The van der Waals surface area contributed by atoms with Crippen molar-refractivity contribution in [3.8, 4) is 11.5 Å². The molecule has 2 aromatic heterocycles. The fourth-order valence-corrected chi connectivity index (χ4v) is 2.28. The molecule has 126 valence electrons. The minimum Gasteiger partial charge on any atom is -0.481 e. The largest absolute Gasteiger partial charge is 0.481 e. The monoisotopic (exact) mass is 338 g/mol. The highest BCUT2D eigenvalue weighted by Gasteiger charge is 2.15. The van der Waals surface area contributed by atoms with Crippen molar-refractivity contribution in [3.05, 3.63) is 60.0 Å². The van der Waals surface area contributed by atoms with Crippen molar-refractivity contribution in [2.75, 3.05) is 11.1 Å². The predicted molar refractivity (Wildman–Crippen MR) is 89.9 cm³/mol. The van der Waals surface area contributed by atoms with Gasteiger partial charge in [0.1, 0.15) is 11.4 Å². The number of carbonyl (C=O) groups is 2. The van der Waals surface area contributed by atoms with Crippen molar-refractivity contribution in [2.45, 2.75) is 6.42 Å². The molecule has 8 nitrogen and oxygen atoms in total. The number of hydrogen-bond donors (Lipinski definition) is 3. The number of para-hydroxylation sites is 1. The summed E-state index contributed by atoms with van der Waals surface area (Å²) in [7, 11) is 0. The van der Waals surface area contributed by atoms with Gasteiger partial charge in [0.2, 0.25) is 5.95 Å². The summed E-state index contributed by atoms with van der Waals surface area (Å²) < 4.78 is 5.25. The smallest absolute Gasteiger partial charge is 0.307 e. The number of carboxylic acid groups (broad SMARTS) is 1. The summed E-state index contributed by atoms with van der Waals surface area (Å²) in [5.41, 5.74) is 6.97. The predicted octanol–water partition coefficient (Wildman–Crippen LogP) is 2.20. The fourth-order valence-electron chi connectivity index (χ4n) is 2.28. The van der Waals surface area contributed by atoms with Gasteiger partial charge in [0.25, 0.3) is 5.91 Å². The molecule has 0 spiro atoms. The summed E-state index contributed by atoms with van der Waals surface area (Å²) in [6.07, 6.45) is 1.27. The Kier molecular flexibility index (Phi) is 4.42. The Hall–Kier alpha value is -3.68. The average molecular weight is 338 g/mol. The number of benzene rings is 1. The Morgan fingerprint density at radius 1 is 1.16 bits per heavy atom. The van der Waals surface area contributed by atoms with E-state index in [9.17, 15) is 9.59 Å². The van der Waals surface area contributed by atoms with Crippen molar-refractivity contribution < 1.29 is 19.1 Å². The Morgan fingerprint density at radius 2 is 1.96 bits per heavy atom. The maximum absolute atomic E-state index is 12.5. The van der Waals surface area contributed by atoms with Gasteiger partial charge in [-0.15, -0.1) is 0 Å². The van der Waals surface area contributed by atoms with Crippen LogP contribution >= 0.6 is 0 Å². The Labute approximate surface area is 142 Å². The van der Waals surface area contributed by atoms with Gasteiger partial charge in [-0.05, 0) is 29.8 Å². The fraction of sp³-hybridized carbons (Fsp3) is 0.0588. The molecule has 3 aromatic rings. The van der Waals surface area contributed by atoms with Crippen LogP contribution in [-0.2, 0) is 11.2 Å². The number of carbonyl (C=O) groups excluding carboxylic acids is 1. The molecule has 0 bridgehead atoms. The van der Waals surface area contributed by atoms with E-state index in [2.05, 4.69) is 15.3 Å². The van der Waals surface area contributed by atoms with Gasteiger partial charge in [-0.3, -0.25) is 9.59 Å². The molecule has 0 saturated carbocycles. The van der Waals surface area contributed by atoms with E-state index in [0.29, 0.717) is 22.7 Å². The van der Waals surface area contributed by atoms with Crippen LogP contribution in [0.3, 0.4) is 0 Å². The van der Waals surface area contributed by atoms with Crippen LogP contribution in [0.1, 0.15) is 16.1 Å². The lowest BCUT2D eigenvalue weighted by atomic mass is 10.1. The number of rotatable bonds is 5. The van der Waals surface area contributed by atoms with Gasteiger partial charge >= 0.3 is 5.97 Å². The molecule has 0 aliphatic rings. The van der Waals surface area contributed by atoms with Crippen molar-refractivity contribution >= 4 is 23.5 Å². The van der Waals surface area contributed by atoms with Crippen LogP contribution in [0, 0.1) is 0 Å². The van der Waals surface area contributed by atoms with Gasteiger partial charge in [-0.2, -0.15) is 0 Å². The van der Waals surface area contributed by atoms with Crippen LogP contribution in [0.4, 0.5) is 11.6 Å². The number of anilines is 2. The van der Waals surface area contributed by atoms with Crippen LogP contribution in [0.5, 0.6) is 0 Å². The second kappa shape index (κ2) is 6.83. The van der Waals surface area contributed by atoms with Gasteiger partial charge in [0.15, 0.2) is 5.76 Å². The molecule has 0 aliphatic heterocycles. The molecule has 8 heteroatoms. The number of nitrogen functional groups attached to an aromatic ring is 1. The minimum atomic E-state index is -0.993. The number of hydrogen-bond acceptors (Lipinski definition) is 6. The normalized spacial score (nSPS) is 10.4. The molecule has 4 N–H and O–H groups in total. The molecule has 2 heterocycles. The first kappa shape index (κ1) is 16.2. The van der Waals surface area contributed by atoms with E-state index < -0.39 is 11.9 Å². The third-order valence-corrected chi connectivity index (χ3v) is 3.36. The maximum atomic E-state index is 12.5. The lowest BCUT2D eigenvalue weighted by Gasteiger charge is -2.10. The average Bonchev–Trinajstić information content (AvgIpc) is 3.10. The Bertz CT molecular complexity index is 922. The van der Waals surface area contributed by atoms with E-state index in [1.807, 2.05) is 0 Å². The number of furan rings is 1. The van der Waals surface area contributed by atoms with Crippen LogP contribution in [0.2, 0.25) is 0 Å². The number of aliphatic carboxylic acids is 1. The number of nitrogens with zero attached hydrogens (tertiary/aromatic N) is 2. The number of nitrogens with one attached hydrogen (secondary N) is 1. The molecule has 0 fully saturated rings. The van der Waals surface area contributed by atoms with Gasteiger partial charge < -0.3 is 20.6 Å². The highest BCUT2D eigenvalue weighted by atomic mass is 16.4. The lowest BCUT2D eigenvalue weighted by molar-refractivity contribution is -0.136. The first-order valence-corrected chi connectivity index (χ1v) is 7.32. The molecular weight excluding hydrogens is 324 g/mol. The number of carboxylic acids is 1. The van der Waals surface area contributed by atoms with Crippen molar-refractivity contribution in [1.82, 2.24) is 9.97 Å². The number of aromatic nitrogens is 2. The van der Waals surface area contributed by atoms with E-state index in [1.54, 1.807) is 36.4 Å². The van der Waals surface area contributed by atoms with Crippen molar-refractivity contribution in [3.63, 3.8) is 0 Å². The first-order chi connectivity index (χ1) is 12.0. The van der Waals surface area contributed by atoms with Crippen LogP contribution < -0.4 is 11.1 Å².